The average molecular weight is 370 g/mol. The molecule has 0 aliphatic carbocycles. The van der Waals surface area contributed by atoms with Gasteiger partial charge in [0.25, 0.3) is 0 Å². The van der Waals surface area contributed by atoms with Crippen molar-refractivity contribution in [1.29, 1.82) is 0 Å². The van der Waals surface area contributed by atoms with Crippen LogP contribution in [0.25, 0.3) is 0 Å². The second kappa shape index (κ2) is 9.00. The number of piperidine rings is 1. The van der Waals surface area contributed by atoms with Gasteiger partial charge in [0.05, 0.1) is 6.54 Å². The highest BCUT2D eigenvalue weighted by molar-refractivity contribution is 5.69. The van der Waals surface area contributed by atoms with Gasteiger partial charge in [-0.1, -0.05) is 24.3 Å². The Hall–Kier alpha value is -2.40. The Kier molecular flexibility index (Phi) is 6.45. The molecule has 0 saturated carbocycles. The molecule has 1 aliphatic rings. The lowest BCUT2D eigenvalue weighted by molar-refractivity contribution is -0.139. The quantitative estimate of drug-likeness (QED) is 0.807. The molecule has 1 aliphatic heterocycles. The molecule has 0 unspecified atom stereocenters. The van der Waals surface area contributed by atoms with Crippen molar-refractivity contribution in [3.63, 3.8) is 0 Å². The number of rotatable bonds is 7. The molecule has 27 heavy (non-hydrogen) atoms. The third-order valence-corrected chi connectivity index (χ3v) is 5.29. The summed E-state index contributed by atoms with van der Waals surface area (Å²) in [6.07, 6.45) is 2.63. The van der Waals surface area contributed by atoms with E-state index < -0.39 is 5.97 Å². The normalized spacial score (nSPS) is 15.3. The minimum absolute atomic E-state index is 0.0519. The lowest BCUT2D eigenvalue weighted by Crippen LogP contribution is -2.47. The van der Waals surface area contributed by atoms with Crippen LogP contribution in [0.2, 0.25) is 0 Å². The van der Waals surface area contributed by atoms with E-state index in [-0.39, 0.29) is 18.4 Å². The molecule has 0 bridgehead atoms. The van der Waals surface area contributed by atoms with E-state index in [1.165, 1.54) is 23.4 Å². The van der Waals surface area contributed by atoms with Crippen molar-refractivity contribution in [3.8, 4) is 0 Å². The highest BCUT2D eigenvalue weighted by Crippen LogP contribution is 2.23. The van der Waals surface area contributed by atoms with Crippen molar-refractivity contribution < 1.29 is 14.3 Å². The molecule has 2 aromatic carbocycles. The second-order valence-electron chi connectivity index (χ2n) is 7.30. The summed E-state index contributed by atoms with van der Waals surface area (Å²) in [4.78, 5) is 15.8. The van der Waals surface area contributed by atoms with Gasteiger partial charge in [0.2, 0.25) is 0 Å². The first kappa shape index (κ1) is 19.4. The van der Waals surface area contributed by atoms with Crippen LogP contribution in [0, 0.1) is 12.7 Å². The molecule has 5 heteroatoms. The van der Waals surface area contributed by atoms with E-state index in [1.54, 1.807) is 12.1 Å². The number of nitrogens with zero attached hydrogens (tertiary/aromatic N) is 2. The summed E-state index contributed by atoms with van der Waals surface area (Å²) in [5, 5.41) is 9.31. The predicted molar refractivity (Wildman–Crippen MR) is 106 cm³/mol. The number of aliphatic carboxylic acids is 1. The molecule has 0 amide bonds. The second-order valence-corrected chi connectivity index (χ2v) is 7.30. The zero-order valence-corrected chi connectivity index (χ0v) is 15.8. The number of anilines is 1. The molecule has 0 radical (unpaired) electrons. The highest BCUT2D eigenvalue weighted by atomic mass is 19.1. The maximum absolute atomic E-state index is 13.1. The Morgan fingerprint density at radius 1 is 1.19 bits per heavy atom. The summed E-state index contributed by atoms with van der Waals surface area (Å²) < 4.78 is 13.1. The Morgan fingerprint density at radius 3 is 2.52 bits per heavy atom. The molecule has 2 aromatic rings. The number of carboxylic acids is 1. The molecule has 1 heterocycles. The minimum Gasteiger partial charge on any atom is -0.480 e. The molecule has 3 rings (SSSR count). The van der Waals surface area contributed by atoms with Crippen molar-refractivity contribution >= 4 is 11.7 Å². The van der Waals surface area contributed by atoms with Crippen LogP contribution in [0.1, 0.15) is 24.0 Å². The van der Waals surface area contributed by atoms with E-state index in [9.17, 15) is 14.3 Å². The number of aryl methyl sites for hydroxylation is 1. The number of hydrogen-bond donors (Lipinski definition) is 1. The molecular weight excluding hydrogens is 343 g/mol. The first-order valence-corrected chi connectivity index (χ1v) is 9.53. The van der Waals surface area contributed by atoms with Crippen molar-refractivity contribution in [2.45, 2.75) is 32.2 Å². The fourth-order valence-corrected chi connectivity index (χ4v) is 3.80. The third kappa shape index (κ3) is 5.54. The lowest BCUT2D eigenvalue weighted by Gasteiger charge is -2.39. The van der Waals surface area contributed by atoms with Gasteiger partial charge in [0.1, 0.15) is 5.82 Å². The van der Waals surface area contributed by atoms with Crippen LogP contribution in [0.5, 0.6) is 0 Å². The number of benzene rings is 2. The van der Waals surface area contributed by atoms with Crippen LogP contribution in [-0.4, -0.2) is 48.2 Å². The number of hydrogen-bond acceptors (Lipinski definition) is 3. The topological polar surface area (TPSA) is 43.8 Å². The molecule has 1 fully saturated rings. The number of carbonyl (C=O) groups is 1. The summed E-state index contributed by atoms with van der Waals surface area (Å²) in [5.74, 6) is -1.04. The number of halogens is 1. The van der Waals surface area contributed by atoms with Gasteiger partial charge in [-0.25, -0.2) is 4.39 Å². The maximum Gasteiger partial charge on any atom is 0.317 e. The monoisotopic (exact) mass is 370 g/mol. The third-order valence-electron chi connectivity index (χ3n) is 5.29. The first-order valence-electron chi connectivity index (χ1n) is 9.53. The molecular formula is C22H27FN2O2. The Bertz CT molecular complexity index is 755. The van der Waals surface area contributed by atoms with Gasteiger partial charge in [0, 0.05) is 31.4 Å². The SMILES string of the molecule is Cc1cccc(N2CCC(N(CCc3ccc(F)cc3)CC(=O)O)CC2)c1. The van der Waals surface area contributed by atoms with Crippen LogP contribution in [0.4, 0.5) is 10.1 Å². The summed E-state index contributed by atoms with van der Waals surface area (Å²) in [6, 6.07) is 15.2. The molecule has 0 aromatic heterocycles. The van der Waals surface area contributed by atoms with Gasteiger partial charge in [0.15, 0.2) is 0 Å². The maximum atomic E-state index is 13.1. The zero-order chi connectivity index (χ0) is 19.2. The standard InChI is InChI=1S/C22H27FN2O2/c1-17-3-2-4-21(15-17)24-13-10-20(11-14-24)25(16-22(26)27)12-9-18-5-7-19(23)8-6-18/h2-8,15,20H,9-14,16H2,1H3,(H,26,27). The number of carboxylic acid groups (broad SMARTS) is 1. The van der Waals surface area contributed by atoms with Gasteiger partial charge in [-0.05, 0) is 61.6 Å². The van der Waals surface area contributed by atoms with E-state index in [4.69, 9.17) is 0 Å². The van der Waals surface area contributed by atoms with Crippen molar-refractivity contribution in [3.05, 3.63) is 65.5 Å². The van der Waals surface area contributed by atoms with E-state index >= 15 is 0 Å². The fraction of sp³-hybridized carbons (Fsp3) is 0.409. The van der Waals surface area contributed by atoms with Crippen molar-refractivity contribution in [2.75, 3.05) is 31.1 Å². The molecule has 0 atom stereocenters. The first-order chi connectivity index (χ1) is 13.0. The Morgan fingerprint density at radius 2 is 1.89 bits per heavy atom. The van der Waals surface area contributed by atoms with Crippen LogP contribution >= 0.6 is 0 Å². The summed E-state index contributed by atoms with van der Waals surface area (Å²) in [7, 11) is 0. The van der Waals surface area contributed by atoms with Crippen molar-refractivity contribution in [2.24, 2.45) is 0 Å². The van der Waals surface area contributed by atoms with Crippen LogP contribution in [-0.2, 0) is 11.2 Å². The molecule has 0 spiro atoms. The largest absolute Gasteiger partial charge is 0.480 e. The van der Waals surface area contributed by atoms with E-state index in [0.717, 1.165) is 37.9 Å². The smallest absolute Gasteiger partial charge is 0.317 e. The van der Waals surface area contributed by atoms with Crippen LogP contribution < -0.4 is 4.90 Å². The summed E-state index contributed by atoms with van der Waals surface area (Å²) in [6.45, 7) is 4.69. The zero-order valence-electron chi connectivity index (χ0n) is 15.8. The lowest BCUT2D eigenvalue weighted by atomic mass is 10.0. The van der Waals surface area contributed by atoms with E-state index in [2.05, 4.69) is 41.0 Å². The van der Waals surface area contributed by atoms with E-state index in [0.29, 0.717) is 6.54 Å². The Labute approximate surface area is 160 Å². The van der Waals surface area contributed by atoms with Gasteiger partial charge >= 0.3 is 5.97 Å². The van der Waals surface area contributed by atoms with Crippen LogP contribution in [0.3, 0.4) is 0 Å². The molecule has 144 valence electrons. The fourth-order valence-electron chi connectivity index (χ4n) is 3.80. The molecule has 1 N–H and O–H groups in total. The van der Waals surface area contributed by atoms with Gasteiger partial charge in [-0.2, -0.15) is 0 Å². The predicted octanol–water partition coefficient (Wildman–Crippen LogP) is 3.73. The average Bonchev–Trinajstić information content (AvgIpc) is 2.66. The molecule has 4 nitrogen and oxygen atoms in total. The van der Waals surface area contributed by atoms with Gasteiger partial charge in [-0.3, -0.25) is 9.69 Å². The van der Waals surface area contributed by atoms with Gasteiger partial charge < -0.3 is 10.0 Å². The van der Waals surface area contributed by atoms with E-state index in [1.807, 2.05) is 0 Å². The molecule has 1 saturated heterocycles. The van der Waals surface area contributed by atoms with Gasteiger partial charge in [-0.15, -0.1) is 0 Å². The summed E-state index contributed by atoms with van der Waals surface area (Å²) >= 11 is 0. The Balaban J connectivity index is 1.58. The highest BCUT2D eigenvalue weighted by Gasteiger charge is 2.26. The summed E-state index contributed by atoms with van der Waals surface area (Å²) in [5.41, 5.74) is 3.52. The minimum atomic E-state index is -0.796. The van der Waals surface area contributed by atoms with Crippen molar-refractivity contribution in [1.82, 2.24) is 4.90 Å². The van der Waals surface area contributed by atoms with Crippen LogP contribution in [0.15, 0.2) is 48.5 Å².